The SMILES string of the molecule is CC(=O)NCCNCC1(O)CCOC1. The molecule has 0 spiro atoms. The predicted molar refractivity (Wildman–Crippen MR) is 51.9 cm³/mol. The van der Waals surface area contributed by atoms with Crippen LogP contribution in [0.5, 0.6) is 0 Å². The third kappa shape index (κ3) is 4.04. The molecule has 1 aliphatic heterocycles. The Labute approximate surface area is 83.8 Å². The highest BCUT2D eigenvalue weighted by Crippen LogP contribution is 2.16. The van der Waals surface area contributed by atoms with Crippen LogP contribution in [0, 0.1) is 0 Å². The van der Waals surface area contributed by atoms with Gasteiger partial charge in [0.1, 0.15) is 5.60 Å². The molecule has 0 aliphatic carbocycles. The molecule has 5 heteroatoms. The zero-order valence-electron chi connectivity index (χ0n) is 8.51. The summed E-state index contributed by atoms with van der Waals surface area (Å²) in [4.78, 5) is 10.5. The van der Waals surface area contributed by atoms with Crippen molar-refractivity contribution in [2.24, 2.45) is 0 Å². The largest absolute Gasteiger partial charge is 0.386 e. The molecule has 0 radical (unpaired) electrons. The molecule has 1 amide bonds. The van der Waals surface area contributed by atoms with Crippen molar-refractivity contribution < 1.29 is 14.6 Å². The second-order valence-corrected chi connectivity index (χ2v) is 3.69. The van der Waals surface area contributed by atoms with E-state index in [2.05, 4.69) is 10.6 Å². The maximum Gasteiger partial charge on any atom is 0.216 e. The lowest BCUT2D eigenvalue weighted by molar-refractivity contribution is -0.118. The number of rotatable bonds is 5. The molecule has 82 valence electrons. The lowest BCUT2D eigenvalue weighted by Crippen LogP contribution is -2.43. The van der Waals surface area contributed by atoms with Gasteiger partial charge in [-0.25, -0.2) is 0 Å². The van der Waals surface area contributed by atoms with Gasteiger partial charge in [-0.3, -0.25) is 4.79 Å². The van der Waals surface area contributed by atoms with Gasteiger partial charge in [-0.05, 0) is 0 Å². The van der Waals surface area contributed by atoms with Gasteiger partial charge in [0, 0.05) is 39.6 Å². The fourth-order valence-corrected chi connectivity index (χ4v) is 1.38. The Morgan fingerprint density at radius 3 is 2.93 bits per heavy atom. The average molecular weight is 202 g/mol. The maximum atomic E-state index is 10.5. The second kappa shape index (κ2) is 5.29. The Hall–Kier alpha value is -0.650. The first-order valence-electron chi connectivity index (χ1n) is 4.88. The number of amides is 1. The fraction of sp³-hybridized carbons (Fsp3) is 0.889. The van der Waals surface area contributed by atoms with E-state index in [9.17, 15) is 9.90 Å². The summed E-state index contributed by atoms with van der Waals surface area (Å²) in [5, 5.41) is 15.6. The van der Waals surface area contributed by atoms with Gasteiger partial charge in [-0.2, -0.15) is 0 Å². The molecule has 0 aromatic carbocycles. The smallest absolute Gasteiger partial charge is 0.216 e. The van der Waals surface area contributed by atoms with Gasteiger partial charge < -0.3 is 20.5 Å². The Balaban J connectivity index is 2.00. The van der Waals surface area contributed by atoms with Gasteiger partial charge in [0.05, 0.1) is 6.61 Å². The van der Waals surface area contributed by atoms with Crippen molar-refractivity contribution in [3.63, 3.8) is 0 Å². The summed E-state index contributed by atoms with van der Waals surface area (Å²) >= 11 is 0. The molecule has 14 heavy (non-hydrogen) atoms. The highest BCUT2D eigenvalue weighted by atomic mass is 16.5. The number of aliphatic hydroxyl groups is 1. The number of carbonyl (C=O) groups is 1. The normalized spacial score (nSPS) is 26.4. The van der Waals surface area contributed by atoms with Crippen LogP contribution in [0.25, 0.3) is 0 Å². The molecule has 1 fully saturated rings. The second-order valence-electron chi connectivity index (χ2n) is 3.69. The molecule has 0 aromatic heterocycles. The molecule has 1 atom stereocenters. The van der Waals surface area contributed by atoms with Crippen LogP contribution in [0.1, 0.15) is 13.3 Å². The third-order valence-corrected chi connectivity index (χ3v) is 2.21. The maximum absolute atomic E-state index is 10.5. The van der Waals surface area contributed by atoms with Gasteiger partial charge in [0.2, 0.25) is 5.91 Å². The monoisotopic (exact) mass is 202 g/mol. The molecular weight excluding hydrogens is 184 g/mol. The molecule has 1 rings (SSSR count). The Bertz CT molecular complexity index is 190. The Morgan fingerprint density at radius 2 is 2.36 bits per heavy atom. The van der Waals surface area contributed by atoms with E-state index in [1.807, 2.05) is 0 Å². The number of ether oxygens (including phenoxy) is 1. The Morgan fingerprint density at radius 1 is 1.57 bits per heavy atom. The van der Waals surface area contributed by atoms with Crippen molar-refractivity contribution in [1.29, 1.82) is 0 Å². The van der Waals surface area contributed by atoms with Crippen LogP contribution < -0.4 is 10.6 Å². The first-order valence-corrected chi connectivity index (χ1v) is 4.88. The van der Waals surface area contributed by atoms with E-state index in [4.69, 9.17) is 4.74 Å². The van der Waals surface area contributed by atoms with Crippen LogP contribution in [0.2, 0.25) is 0 Å². The van der Waals surface area contributed by atoms with Gasteiger partial charge in [0.15, 0.2) is 0 Å². The van der Waals surface area contributed by atoms with Crippen molar-refractivity contribution in [3.05, 3.63) is 0 Å². The lowest BCUT2D eigenvalue weighted by atomic mass is 10.0. The van der Waals surface area contributed by atoms with E-state index in [1.165, 1.54) is 6.92 Å². The van der Waals surface area contributed by atoms with Crippen LogP contribution in [0.3, 0.4) is 0 Å². The first kappa shape index (κ1) is 11.4. The van der Waals surface area contributed by atoms with Gasteiger partial charge in [0.25, 0.3) is 0 Å². The summed E-state index contributed by atoms with van der Waals surface area (Å²) in [7, 11) is 0. The van der Waals surface area contributed by atoms with Gasteiger partial charge in [-0.15, -0.1) is 0 Å². The fourth-order valence-electron chi connectivity index (χ4n) is 1.38. The van der Waals surface area contributed by atoms with Crippen molar-refractivity contribution in [2.75, 3.05) is 32.8 Å². The van der Waals surface area contributed by atoms with E-state index in [-0.39, 0.29) is 5.91 Å². The number of hydrogen-bond acceptors (Lipinski definition) is 4. The molecule has 1 saturated heterocycles. The van der Waals surface area contributed by atoms with Crippen molar-refractivity contribution in [2.45, 2.75) is 18.9 Å². The zero-order valence-corrected chi connectivity index (χ0v) is 8.51. The number of nitrogens with one attached hydrogen (secondary N) is 2. The lowest BCUT2D eigenvalue weighted by Gasteiger charge is -2.20. The van der Waals surface area contributed by atoms with E-state index in [0.29, 0.717) is 39.3 Å². The topological polar surface area (TPSA) is 70.6 Å². The zero-order chi connectivity index (χ0) is 10.4. The van der Waals surface area contributed by atoms with Crippen LogP contribution in [-0.2, 0) is 9.53 Å². The molecule has 5 nitrogen and oxygen atoms in total. The summed E-state index contributed by atoms with van der Waals surface area (Å²) in [5.41, 5.74) is -0.712. The molecule has 1 aliphatic rings. The number of carbonyl (C=O) groups excluding carboxylic acids is 1. The first-order chi connectivity index (χ1) is 6.62. The van der Waals surface area contributed by atoms with Crippen molar-refractivity contribution in [3.8, 4) is 0 Å². The van der Waals surface area contributed by atoms with E-state index >= 15 is 0 Å². The molecule has 0 aromatic rings. The quantitative estimate of drug-likeness (QED) is 0.493. The molecular formula is C9H18N2O3. The molecule has 1 unspecified atom stereocenters. The summed E-state index contributed by atoms with van der Waals surface area (Å²) in [6.45, 7) is 4.29. The van der Waals surface area contributed by atoms with Crippen molar-refractivity contribution >= 4 is 5.91 Å². The van der Waals surface area contributed by atoms with Crippen LogP contribution >= 0.6 is 0 Å². The standard InChI is InChI=1S/C9H18N2O3/c1-8(12)11-4-3-10-6-9(13)2-5-14-7-9/h10,13H,2-7H2,1H3,(H,11,12). The highest BCUT2D eigenvalue weighted by molar-refractivity contribution is 5.72. The molecule has 3 N–H and O–H groups in total. The van der Waals surface area contributed by atoms with E-state index in [1.54, 1.807) is 0 Å². The summed E-state index contributed by atoms with van der Waals surface area (Å²) in [6, 6.07) is 0. The summed E-state index contributed by atoms with van der Waals surface area (Å²) in [6.07, 6.45) is 0.681. The minimum Gasteiger partial charge on any atom is -0.386 e. The van der Waals surface area contributed by atoms with E-state index in [0.717, 1.165) is 0 Å². The van der Waals surface area contributed by atoms with Crippen molar-refractivity contribution in [1.82, 2.24) is 10.6 Å². The Kier molecular flexibility index (Phi) is 4.31. The summed E-state index contributed by atoms with van der Waals surface area (Å²) < 4.78 is 5.10. The minimum absolute atomic E-state index is 0.0327. The van der Waals surface area contributed by atoms with Gasteiger partial charge in [-0.1, -0.05) is 0 Å². The van der Waals surface area contributed by atoms with Crippen LogP contribution in [-0.4, -0.2) is 49.5 Å². The molecule has 0 bridgehead atoms. The highest BCUT2D eigenvalue weighted by Gasteiger charge is 2.31. The van der Waals surface area contributed by atoms with Crippen LogP contribution in [0.15, 0.2) is 0 Å². The third-order valence-electron chi connectivity index (χ3n) is 2.21. The molecule has 0 saturated carbocycles. The summed E-state index contributed by atoms with van der Waals surface area (Å²) in [5.74, 6) is -0.0327. The number of hydrogen-bond donors (Lipinski definition) is 3. The molecule has 1 heterocycles. The minimum atomic E-state index is -0.712. The van der Waals surface area contributed by atoms with E-state index < -0.39 is 5.60 Å². The van der Waals surface area contributed by atoms with Crippen LogP contribution in [0.4, 0.5) is 0 Å². The van der Waals surface area contributed by atoms with Gasteiger partial charge >= 0.3 is 0 Å². The average Bonchev–Trinajstić information content (AvgIpc) is 2.51. The predicted octanol–water partition coefficient (Wildman–Crippen LogP) is -1.14.